The summed E-state index contributed by atoms with van der Waals surface area (Å²) in [6.07, 6.45) is 1.24. The number of carbonyl (C=O) groups is 3. The number of rotatable bonds is 7. The molecule has 5 rings (SSSR count). The van der Waals surface area contributed by atoms with Crippen LogP contribution in [-0.2, 0) is 12.8 Å². The molecule has 0 unspecified atom stereocenters. The van der Waals surface area contributed by atoms with Gasteiger partial charge < -0.3 is 5.32 Å². The molecule has 192 valence electrons. The highest BCUT2D eigenvalue weighted by atomic mass is 32.1. The summed E-state index contributed by atoms with van der Waals surface area (Å²) in [5.74, 6) is -1.03. The van der Waals surface area contributed by atoms with E-state index in [4.69, 9.17) is 12.2 Å². The van der Waals surface area contributed by atoms with E-state index < -0.39 is 6.04 Å². The van der Waals surface area contributed by atoms with Crippen LogP contribution in [0.25, 0.3) is 10.9 Å². The van der Waals surface area contributed by atoms with Gasteiger partial charge in [0.1, 0.15) is 0 Å². The average molecular weight is 527 g/mol. The fourth-order valence-corrected chi connectivity index (χ4v) is 4.79. The first-order valence-electron chi connectivity index (χ1n) is 12.3. The summed E-state index contributed by atoms with van der Waals surface area (Å²) in [7, 11) is 0. The molecule has 1 aliphatic rings. The summed E-state index contributed by atoms with van der Waals surface area (Å²) in [5.41, 5.74) is 9.35. The van der Waals surface area contributed by atoms with Crippen LogP contribution < -0.4 is 16.2 Å². The van der Waals surface area contributed by atoms with Crippen LogP contribution in [0.4, 0.5) is 0 Å². The molecule has 9 nitrogen and oxygen atoms in total. The second-order valence-corrected chi connectivity index (χ2v) is 9.40. The number of nitrogens with one attached hydrogen (secondary N) is 4. The fourth-order valence-electron chi connectivity index (χ4n) is 4.57. The Labute approximate surface area is 224 Å². The molecule has 1 atom stereocenters. The molecule has 3 amide bonds. The predicted molar refractivity (Wildman–Crippen MR) is 148 cm³/mol. The van der Waals surface area contributed by atoms with Gasteiger partial charge in [-0.2, -0.15) is 5.10 Å². The molecule has 4 aromatic rings. The Morgan fingerprint density at radius 1 is 0.974 bits per heavy atom. The number of aromatic amines is 1. The van der Waals surface area contributed by atoms with Gasteiger partial charge in [-0.05, 0) is 61.0 Å². The van der Waals surface area contributed by atoms with Crippen molar-refractivity contribution in [2.45, 2.75) is 25.8 Å². The second kappa shape index (κ2) is 10.8. The van der Waals surface area contributed by atoms with Crippen LogP contribution in [0.1, 0.15) is 49.3 Å². The minimum absolute atomic E-state index is 0.105. The molecule has 0 radical (unpaired) electrons. The molecule has 38 heavy (non-hydrogen) atoms. The van der Waals surface area contributed by atoms with Crippen LogP contribution >= 0.6 is 12.2 Å². The van der Waals surface area contributed by atoms with E-state index in [1.165, 1.54) is 4.90 Å². The molecule has 0 fully saturated rings. The monoisotopic (exact) mass is 526 g/mol. The highest BCUT2D eigenvalue weighted by molar-refractivity contribution is 7.80. The van der Waals surface area contributed by atoms with E-state index in [9.17, 15) is 14.4 Å². The first-order valence-corrected chi connectivity index (χ1v) is 12.7. The van der Waals surface area contributed by atoms with Crippen LogP contribution in [0.3, 0.4) is 0 Å². The maximum absolute atomic E-state index is 12.9. The van der Waals surface area contributed by atoms with Gasteiger partial charge >= 0.3 is 0 Å². The average Bonchev–Trinajstić information content (AvgIpc) is 3.46. The Balaban J connectivity index is 1.26. The zero-order chi connectivity index (χ0) is 26.6. The molecule has 1 aromatic heterocycles. The number of hydrogen-bond donors (Lipinski definition) is 4. The van der Waals surface area contributed by atoms with Crippen LogP contribution in [-0.4, -0.2) is 50.5 Å². The summed E-state index contributed by atoms with van der Waals surface area (Å²) < 4.78 is 0. The van der Waals surface area contributed by atoms with Crippen LogP contribution in [0.2, 0.25) is 0 Å². The highest BCUT2D eigenvalue weighted by Gasteiger charge is 2.36. The van der Waals surface area contributed by atoms with Crippen molar-refractivity contribution in [1.29, 1.82) is 0 Å². The quantitative estimate of drug-likeness (QED) is 0.166. The normalized spacial score (nSPS) is 13.3. The number of nitrogens with zero attached hydrogens (tertiary/aromatic N) is 2. The number of amides is 3. The van der Waals surface area contributed by atoms with E-state index in [1.807, 2.05) is 43.3 Å². The van der Waals surface area contributed by atoms with Crippen molar-refractivity contribution in [3.8, 4) is 0 Å². The third-order valence-electron chi connectivity index (χ3n) is 6.47. The van der Waals surface area contributed by atoms with Crippen LogP contribution in [0, 0.1) is 0 Å². The Hall–Kier alpha value is -4.57. The maximum Gasteiger partial charge on any atom is 0.269 e. The standard InChI is InChI=1S/C28H26N6O3S/c1-2-23-22-15-18(12-13-24(22)31-30-23)25(35)32-33-28(38)29-19(14-17-8-4-3-5-9-17)16-34-26(36)20-10-6-7-11-21(20)27(34)37/h3-13,15,19H,2,14,16H2,1H3,(H,30,31)(H,32,35)(H2,29,33,38)/t19-/m1/s1. The second-order valence-electron chi connectivity index (χ2n) is 8.99. The van der Waals surface area contributed by atoms with E-state index in [1.54, 1.807) is 36.4 Å². The minimum atomic E-state index is -0.397. The van der Waals surface area contributed by atoms with Gasteiger partial charge in [0.25, 0.3) is 17.7 Å². The number of imide groups is 1. The van der Waals surface area contributed by atoms with Gasteiger partial charge in [0.2, 0.25) is 0 Å². The first kappa shape index (κ1) is 25.1. The number of H-pyrrole nitrogens is 1. The van der Waals surface area contributed by atoms with E-state index in [0.29, 0.717) is 23.1 Å². The summed E-state index contributed by atoms with van der Waals surface area (Å²) in [4.78, 5) is 39.9. The summed E-state index contributed by atoms with van der Waals surface area (Å²) in [6.45, 7) is 2.11. The molecule has 0 saturated carbocycles. The van der Waals surface area contributed by atoms with Gasteiger partial charge in [-0.25, -0.2) is 0 Å². The van der Waals surface area contributed by atoms with Gasteiger partial charge in [-0.3, -0.25) is 35.2 Å². The molecule has 4 N–H and O–H groups in total. The van der Waals surface area contributed by atoms with E-state index in [0.717, 1.165) is 28.6 Å². The smallest absolute Gasteiger partial charge is 0.269 e. The number of carbonyl (C=O) groups excluding carboxylic acids is 3. The molecule has 0 aliphatic carbocycles. The van der Waals surface area contributed by atoms with Gasteiger partial charge in [0.15, 0.2) is 5.11 Å². The lowest BCUT2D eigenvalue weighted by molar-refractivity contribution is 0.0641. The lowest BCUT2D eigenvalue weighted by Crippen LogP contribution is -2.53. The summed E-state index contributed by atoms with van der Waals surface area (Å²) in [5, 5.41) is 11.4. The van der Waals surface area contributed by atoms with Crippen molar-refractivity contribution in [2.75, 3.05) is 6.54 Å². The molecule has 0 spiro atoms. The van der Waals surface area contributed by atoms with E-state index >= 15 is 0 Å². The lowest BCUT2D eigenvalue weighted by Gasteiger charge is -2.25. The number of aromatic nitrogens is 2. The molecule has 3 aromatic carbocycles. The van der Waals surface area contributed by atoms with Gasteiger partial charge in [0.05, 0.1) is 28.4 Å². The van der Waals surface area contributed by atoms with E-state index in [-0.39, 0.29) is 29.4 Å². The zero-order valence-electron chi connectivity index (χ0n) is 20.7. The number of hydrazine groups is 1. The van der Waals surface area contributed by atoms with Crippen molar-refractivity contribution in [1.82, 2.24) is 31.3 Å². The maximum atomic E-state index is 12.9. The van der Waals surface area contributed by atoms with Crippen molar-refractivity contribution < 1.29 is 14.4 Å². The van der Waals surface area contributed by atoms with Crippen molar-refractivity contribution in [2.24, 2.45) is 0 Å². The zero-order valence-corrected chi connectivity index (χ0v) is 21.5. The van der Waals surface area contributed by atoms with E-state index in [2.05, 4.69) is 26.4 Å². The highest BCUT2D eigenvalue weighted by Crippen LogP contribution is 2.23. The lowest BCUT2D eigenvalue weighted by atomic mass is 10.1. The molecule has 0 bridgehead atoms. The van der Waals surface area contributed by atoms with Crippen molar-refractivity contribution >= 4 is 46.0 Å². The fraction of sp³-hybridized carbons (Fsp3) is 0.179. The predicted octanol–water partition coefficient (Wildman–Crippen LogP) is 3.14. The largest absolute Gasteiger partial charge is 0.356 e. The topological polar surface area (TPSA) is 119 Å². The number of aryl methyl sites for hydroxylation is 1. The van der Waals surface area contributed by atoms with Crippen LogP contribution in [0.5, 0.6) is 0 Å². The van der Waals surface area contributed by atoms with Gasteiger partial charge in [0, 0.05) is 17.5 Å². The van der Waals surface area contributed by atoms with Crippen molar-refractivity contribution in [3.05, 3.63) is 101 Å². The number of thiocarbonyl (C=S) groups is 1. The Kier molecular flexibility index (Phi) is 7.14. The molecule has 0 saturated heterocycles. The van der Waals surface area contributed by atoms with Crippen LogP contribution in [0.15, 0.2) is 72.8 Å². The molecule has 10 heteroatoms. The number of hydrogen-bond acceptors (Lipinski definition) is 5. The molecular weight excluding hydrogens is 500 g/mol. The number of benzene rings is 3. The Morgan fingerprint density at radius 3 is 2.34 bits per heavy atom. The SMILES string of the molecule is CCc1n[nH]c2ccc(C(=O)NNC(=S)N[C@H](Cc3ccccc3)CN3C(=O)c4ccccc4C3=O)cc12. The Bertz CT molecular complexity index is 1500. The third kappa shape index (κ3) is 5.12. The first-order chi connectivity index (χ1) is 18.4. The summed E-state index contributed by atoms with van der Waals surface area (Å²) in [6, 6.07) is 21.4. The summed E-state index contributed by atoms with van der Waals surface area (Å²) >= 11 is 5.45. The third-order valence-corrected chi connectivity index (χ3v) is 6.69. The van der Waals surface area contributed by atoms with Crippen molar-refractivity contribution in [3.63, 3.8) is 0 Å². The Morgan fingerprint density at radius 2 is 1.66 bits per heavy atom. The molecular formula is C28H26N6O3S. The minimum Gasteiger partial charge on any atom is -0.356 e. The molecule has 1 aliphatic heterocycles. The molecule has 2 heterocycles. The van der Waals surface area contributed by atoms with Gasteiger partial charge in [-0.15, -0.1) is 0 Å². The number of fused-ring (bicyclic) bond motifs is 2. The van der Waals surface area contributed by atoms with Gasteiger partial charge in [-0.1, -0.05) is 49.4 Å².